The molecule has 0 unspecified atom stereocenters. The first-order valence-electron chi connectivity index (χ1n) is 9.16. The highest BCUT2D eigenvalue weighted by Crippen LogP contribution is 2.17. The summed E-state index contributed by atoms with van der Waals surface area (Å²) in [6.45, 7) is 4.66. The van der Waals surface area contributed by atoms with Gasteiger partial charge in [0.25, 0.3) is 0 Å². The number of guanidine groups is 1. The molecule has 0 bridgehead atoms. The maximum absolute atomic E-state index is 13.1. The summed E-state index contributed by atoms with van der Waals surface area (Å²) < 4.78 is 15.2. The number of para-hydroxylation sites is 2. The second-order valence-corrected chi connectivity index (χ2v) is 6.62. The Kier molecular flexibility index (Phi) is 4.91. The normalized spacial score (nSPS) is 15.5. The van der Waals surface area contributed by atoms with Crippen LogP contribution >= 0.6 is 0 Å². The predicted molar refractivity (Wildman–Crippen MR) is 106 cm³/mol. The summed E-state index contributed by atoms with van der Waals surface area (Å²) in [5.41, 5.74) is 9.33. The number of aliphatic imine (C=N–C) groups is 1. The molecule has 27 heavy (non-hydrogen) atoms. The lowest BCUT2D eigenvalue weighted by Gasteiger charge is -2.36. The first-order chi connectivity index (χ1) is 13.2. The number of halogens is 1. The van der Waals surface area contributed by atoms with E-state index in [2.05, 4.69) is 30.4 Å². The van der Waals surface area contributed by atoms with Crippen molar-refractivity contribution in [2.45, 2.75) is 6.54 Å². The highest BCUT2D eigenvalue weighted by molar-refractivity contribution is 5.78. The molecule has 1 saturated heterocycles. The van der Waals surface area contributed by atoms with Crippen LogP contribution in [0, 0.1) is 5.82 Å². The molecule has 2 heterocycles. The van der Waals surface area contributed by atoms with E-state index in [1.807, 2.05) is 36.7 Å². The van der Waals surface area contributed by atoms with Gasteiger partial charge in [0.2, 0.25) is 0 Å². The van der Waals surface area contributed by atoms with Crippen molar-refractivity contribution in [3.05, 3.63) is 60.7 Å². The van der Waals surface area contributed by atoms with Crippen molar-refractivity contribution in [1.29, 1.82) is 0 Å². The molecule has 0 saturated carbocycles. The second kappa shape index (κ2) is 7.65. The van der Waals surface area contributed by atoms with E-state index in [0.717, 1.165) is 49.4 Å². The first kappa shape index (κ1) is 17.3. The van der Waals surface area contributed by atoms with Gasteiger partial charge < -0.3 is 20.1 Å². The van der Waals surface area contributed by atoms with Gasteiger partial charge in [-0.25, -0.2) is 9.37 Å². The highest BCUT2D eigenvalue weighted by Gasteiger charge is 2.18. The predicted octanol–water partition coefficient (Wildman–Crippen LogP) is 2.31. The number of anilines is 1. The van der Waals surface area contributed by atoms with Gasteiger partial charge in [0.05, 0.1) is 23.9 Å². The lowest BCUT2D eigenvalue weighted by Crippen LogP contribution is -2.51. The molecular formula is C20H23FN6. The molecule has 1 aromatic heterocycles. The molecule has 3 aromatic rings. The van der Waals surface area contributed by atoms with Gasteiger partial charge in [-0.1, -0.05) is 12.1 Å². The summed E-state index contributed by atoms with van der Waals surface area (Å²) in [7, 11) is 0. The van der Waals surface area contributed by atoms with E-state index in [-0.39, 0.29) is 5.82 Å². The number of hydrogen-bond acceptors (Lipinski definition) is 3. The van der Waals surface area contributed by atoms with Crippen LogP contribution in [0.4, 0.5) is 10.1 Å². The van der Waals surface area contributed by atoms with Crippen LogP contribution < -0.4 is 10.6 Å². The number of nitrogens with zero attached hydrogens (tertiary/aromatic N) is 5. The maximum atomic E-state index is 13.1. The summed E-state index contributed by atoms with van der Waals surface area (Å²) in [4.78, 5) is 13.3. The zero-order valence-corrected chi connectivity index (χ0v) is 15.1. The fourth-order valence-corrected chi connectivity index (χ4v) is 3.41. The van der Waals surface area contributed by atoms with Crippen molar-refractivity contribution in [3.63, 3.8) is 0 Å². The van der Waals surface area contributed by atoms with Crippen LogP contribution in [-0.2, 0) is 6.54 Å². The number of aromatic nitrogens is 2. The molecule has 0 radical (unpaired) electrons. The number of nitrogens with two attached hydrogens (primary N) is 1. The monoisotopic (exact) mass is 366 g/mol. The molecule has 0 atom stereocenters. The Morgan fingerprint density at radius 3 is 2.56 bits per heavy atom. The third kappa shape index (κ3) is 3.86. The summed E-state index contributed by atoms with van der Waals surface area (Å²) in [5, 5.41) is 0. The van der Waals surface area contributed by atoms with E-state index in [4.69, 9.17) is 5.73 Å². The smallest absolute Gasteiger partial charge is 0.191 e. The third-order valence-electron chi connectivity index (χ3n) is 4.94. The fraction of sp³-hybridized carbons (Fsp3) is 0.300. The highest BCUT2D eigenvalue weighted by atomic mass is 19.1. The van der Waals surface area contributed by atoms with Crippen molar-refractivity contribution < 1.29 is 4.39 Å². The first-order valence-corrected chi connectivity index (χ1v) is 9.16. The van der Waals surface area contributed by atoms with Crippen LogP contribution in [0.15, 0.2) is 59.9 Å². The second-order valence-electron chi connectivity index (χ2n) is 6.62. The van der Waals surface area contributed by atoms with Gasteiger partial charge in [0, 0.05) is 38.4 Å². The van der Waals surface area contributed by atoms with Crippen molar-refractivity contribution in [2.75, 3.05) is 37.6 Å². The zero-order valence-electron chi connectivity index (χ0n) is 15.1. The largest absolute Gasteiger partial charge is 0.370 e. The SMILES string of the molecule is NC(=NCCn1cnc2ccccc21)N1CCN(c2ccc(F)cc2)CC1. The third-order valence-corrected chi connectivity index (χ3v) is 4.94. The quantitative estimate of drug-likeness (QED) is 0.569. The Labute approximate surface area is 157 Å². The Bertz CT molecular complexity index is 925. The minimum absolute atomic E-state index is 0.209. The number of piperazine rings is 1. The topological polar surface area (TPSA) is 62.7 Å². The Morgan fingerprint density at radius 1 is 1.04 bits per heavy atom. The number of benzene rings is 2. The summed E-state index contributed by atoms with van der Waals surface area (Å²) in [5.74, 6) is 0.373. The molecule has 4 rings (SSSR count). The lowest BCUT2D eigenvalue weighted by atomic mass is 10.2. The molecule has 0 spiro atoms. The molecular weight excluding hydrogens is 343 g/mol. The van der Waals surface area contributed by atoms with E-state index in [1.165, 1.54) is 12.1 Å². The van der Waals surface area contributed by atoms with Crippen molar-refractivity contribution >= 4 is 22.7 Å². The molecule has 6 nitrogen and oxygen atoms in total. The number of rotatable bonds is 4. The molecule has 2 aromatic carbocycles. The van der Waals surface area contributed by atoms with Gasteiger partial charge in [-0.15, -0.1) is 0 Å². The Hall–Kier alpha value is -3.09. The van der Waals surface area contributed by atoms with Gasteiger partial charge in [-0.05, 0) is 36.4 Å². The maximum Gasteiger partial charge on any atom is 0.191 e. The minimum atomic E-state index is -0.209. The van der Waals surface area contributed by atoms with Crippen molar-refractivity contribution in [1.82, 2.24) is 14.5 Å². The molecule has 0 aliphatic carbocycles. The van der Waals surface area contributed by atoms with Gasteiger partial charge >= 0.3 is 0 Å². The van der Waals surface area contributed by atoms with Crippen molar-refractivity contribution in [3.8, 4) is 0 Å². The number of imidazole rings is 1. The van der Waals surface area contributed by atoms with Gasteiger partial charge in [0.1, 0.15) is 5.82 Å². The van der Waals surface area contributed by atoms with E-state index < -0.39 is 0 Å². The molecule has 1 fully saturated rings. The summed E-state index contributed by atoms with van der Waals surface area (Å²) >= 11 is 0. The molecule has 140 valence electrons. The Balaban J connectivity index is 1.31. The molecule has 2 N–H and O–H groups in total. The summed E-state index contributed by atoms with van der Waals surface area (Å²) in [6.07, 6.45) is 1.85. The summed E-state index contributed by atoms with van der Waals surface area (Å²) in [6, 6.07) is 14.7. The lowest BCUT2D eigenvalue weighted by molar-refractivity contribution is 0.380. The van der Waals surface area contributed by atoms with Crippen LogP contribution in [0.5, 0.6) is 0 Å². The van der Waals surface area contributed by atoms with E-state index in [0.29, 0.717) is 12.5 Å². The minimum Gasteiger partial charge on any atom is -0.370 e. The molecule has 0 amide bonds. The fourth-order valence-electron chi connectivity index (χ4n) is 3.41. The van der Waals surface area contributed by atoms with E-state index >= 15 is 0 Å². The molecule has 7 heteroatoms. The van der Waals surface area contributed by atoms with Gasteiger partial charge in [-0.3, -0.25) is 4.99 Å². The van der Waals surface area contributed by atoms with Crippen LogP contribution in [0.3, 0.4) is 0 Å². The Morgan fingerprint density at radius 2 is 1.78 bits per heavy atom. The van der Waals surface area contributed by atoms with Crippen molar-refractivity contribution in [2.24, 2.45) is 10.7 Å². The number of hydrogen-bond donors (Lipinski definition) is 1. The number of fused-ring (bicyclic) bond motifs is 1. The zero-order chi connectivity index (χ0) is 18.6. The average Bonchev–Trinajstić information content (AvgIpc) is 3.12. The molecule has 1 aliphatic rings. The standard InChI is InChI=1S/C20H23FN6/c21-16-5-7-17(8-6-16)25-11-13-26(14-12-25)20(22)23-9-10-27-15-24-18-3-1-2-4-19(18)27/h1-8,15H,9-14H2,(H2,22,23). The average molecular weight is 366 g/mol. The van der Waals surface area contributed by atoms with E-state index in [1.54, 1.807) is 0 Å². The van der Waals surface area contributed by atoms with Crippen LogP contribution in [0.25, 0.3) is 11.0 Å². The van der Waals surface area contributed by atoms with E-state index in [9.17, 15) is 4.39 Å². The van der Waals surface area contributed by atoms with Crippen LogP contribution in [0.2, 0.25) is 0 Å². The van der Waals surface area contributed by atoms with Crippen LogP contribution in [0.1, 0.15) is 0 Å². The molecule has 1 aliphatic heterocycles. The van der Waals surface area contributed by atoms with Gasteiger partial charge in [0.15, 0.2) is 5.96 Å². The van der Waals surface area contributed by atoms with Gasteiger partial charge in [-0.2, -0.15) is 0 Å². The van der Waals surface area contributed by atoms with Crippen LogP contribution in [-0.4, -0.2) is 53.1 Å².